The number of hydrogen-bond acceptors (Lipinski definition) is 3. The van der Waals surface area contributed by atoms with Crippen LogP contribution in [0.2, 0.25) is 5.02 Å². The number of carbonyl (C=O) groups is 1. The highest BCUT2D eigenvalue weighted by Gasteiger charge is 2.20. The first kappa shape index (κ1) is 17.8. The summed E-state index contributed by atoms with van der Waals surface area (Å²) in [7, 11) is 1.91. The van der Waals surface area contributed by atoms with Crippen molar-refractivity contribution in [2.24, 2.45) is 0 Å². The predicted octanol–water partition coefficient (Wildman–Crippen LogP) is 4.23. The Labute approximate surface area is 132 Å². The summed E-state index contributed by atoms with van der Waals surface area (Å²) in [5.74, 6) is 0. The molecule has 1 rings (SSSR count). The highest BCUT2D eigenvalue weighted by molar-refractivity contribution is 6.30. The first-order chi connectivity index (χ1) is 9.52. The van der Waals surface area contributed by atoms with Crippen molar-refractivity contribution in [1.82, 2.24) is 5.32 Å². The van der Waals surface area contributed by atoms with Crippen molar-refractivity contribution >= 4 is 23.4 Å². The van der Waals surface area contributed by atoms with E-state index in [0.717, 1.165) is 17.7 Å². The maximum atomic E-state index is 11.9. The van der Waals surface area contributed by atoms with Crippen LogP contribution < -0.4 is 10.6 Å². The summed E-state index contributed by atoms with van der Waals surface area (Å²) >= 11 is 6.07. The standard InChI is InChI=1S/C16H25ClN2O2/c1-15(2,3)21-14(20)19-13-8-7-12(17)9-11(13)10-16(4,5)18-6/h7-9,18H,10H2,1-6H3,(H,19,20). The molecular formula is C16H25ClN2O2. The highest BCUT2D eigenvalue weighted by Crippen LogP contribution is 2.25. The first-order valence-corrected chi connectivity index (χ1v) is 7.37. The van der Waals surface area contributed by atoms with Crippen molar-refractivity contribution in [1.29, 1.82) is 0 Å². The van der Waals surface area contributed by atoms with Gasteiger partial charge in [-0.3, -0.25) is 5.32 Å². The van der Waals surface area contributed by atoms with E-state index in [9.17, 15) is 4.79 Å². The number of benzene rings is 1. The lowest BCUT2D eigenvalue weighted by Crippen LogP contribution is -2.38. The van der Waals surface area contributed by atoms with Gasteiger partial charge in [0.15, 0.2) is 0 Å². The molecule has 5 heteroatoms. The number of likely N-dealkylation sites (N-methyl/N-ethyl adjacent to an activating group) is 1. The number of amides is 1. The maximum Gasteiger partial charge on any atom is 0.412 e. The number of halogens is 1. The molecule has 1 aromatic rings. The number of anilines is 1. The second kappa shape index (κ2) is 6.67. The highest BCUT2D eigenvalue weighted by atomic mass is 35.5. The zero-order valence-corrected chi connectivity index (χ0v) is 14.4. The van der Waals surface area contributed by atoms with Crippen molar-refractivity contribution in [3.05, 3.63) is 28.8 Å². The summed E-state index contributed by atoms with van der Waals surface area (Å²) in [6, 6.07) is 5.42. The van der Waals surface area contributed by atoms with E-state index in [1.165, 1.54) is 0 Å². The van der Waals surface area contributed by atoms with Crippen LogP contribution in [-0.2, 0) is 11.2 Å². The topological polar surface area (TPSA) is 50.4 Å². The molecule has 0 saturated heterocycles. The fourth-order valence-electron chi connectivity index (χ4n) is 1.81. The average Bonchev–Trinajstić information content (AvgIpc) is 2.30. The minimum Gasteiger partial charge on any atom is -0.444 e. The molecule has 1 aromatic carbocycles. The molecule has 4 nitrogen and oxygen atoms in total. The van der Waals surface area contributed by atoms with Gasteiger partial charge >= 0.3 is 6.09 Å². The fraction of sp³-hybridized carbons (Fsp3) is 0.562. The monoisotopic (exact) mass is 312 g/mol. The van der Waals surface area contributed by atoms with Crippen LogP contribution in [0.25, 0.3) is 0 Å². The second-order valence-electron chi connectivity index (χ2n) is 6.74. The molecule has 0 aliphatic heterocycles. The SMILES string of the molecule is CNC(C)(C)Cc1cc(Cl)ccc1NC(=O)OC(C)(C)C. The Hall–Kier alpha value is -1.26. The lowest BCUT2D eigenvalue weighted by Gasteiger charge is -2.26. The average molecular weight is 313 g/mol. The van der Waals surface area contributed by atoms with Crippen LogP contribution in [0, 0.1) is 0 Å². The van der Waals surface area contributed by atoms with Crippen LogP contribution in [0.4, 0.5) is 10.5 Å². The molecule has 21 heavy (non-hydrogen) atoms. The van der Waals surface area contributed by atoms with Gasteiger partial charge in [-0.1, -0.05) is 11.6 Å². The molecule has 0 spiro atoms. The summed E-state index contributed by atoms with van der Waals surface area (Å²) in [4.78, 5) is 11.9. The molecule has 1 amide bonds. The summed E-state index contributed by atoms with van der Waals surface area (Å²) < 4.78 is 5.28. The largest absolute Gasteiger partial charge is 0.444 e. The third-order valence-electron chi connectivity index (χ3n) is 3.01. The summed E-state index contributed by atoms with van der Waals surface area (Å²) in [5.41, 5.74) is 1.06. The van der Waals surface area contributed by atoms with Crippen LogP contribution in [0.15, 0.2) is 18.2 Å². The lowest BCUT2D eigenvalue weighted by atomic mass is 9.94. The number of hydrogen-bond donors (Lipinski definition) is 2. The number of carbonyl (C=O) groups excluding carboxylic acids is 1. The third kappa shape index (κ3) is 6.36. The van der Waals surface area contributed by atoms with E-state index >= 15 is 0 Å². The Morgan fingerprint density at radius 3 is 2.38 bits per heavy atom. The van der Waals surface area contributed by atoms with Crippen LogP contribution in [0.5, 0.6) is 0 Å². The minimum atomic E-state index is -0.527. The molecule has 118 valence electrons. The van der Waals surface area contributed by atoms with Gasteiger partial charge in [0, 0.05) is 16.2 Å². The van der Waals surface area contributed by atoms with Gasteiger partial charge in [-0.2, -0.15) is 0 Å². The molecule has 0 saturated carbocycles. The Morgan fingerprint density at radius 2 is 1.86 bits per heavy atom. The van der Waals surface area contributed by atoms with E-state index in [4.69, 9.17) is 16.3 Å². The maximum absolute atomic E-state index is 11.9. The fourth-order valence-corrected chi connectivity index (χ4v) is 2.00. The van der Waals surface area contributed by atoms with E-state index < -0.39 is 11.7 Å². The zero-order chi connectivity index (χ0) is 16.3. The number of rotatable bonds is 4. The van der Waals surface area contributed by atoms with E-state index in [1.54, 1.807) is 12.1 Å². The molecular weight excluding hydrogens is 288 g/mol. The Morgan fingerprint density at radius 1 is 1.24 bits per heavy atom. The first-order valence-electron chi connectivity index (χ1n) is 7.00. The Kier molecular flexibility index (Phi) is 5.65. The Balaban J connectivity index is 2.94. The van der Waals surface area contributed by atoms with Crippen LogP contribution in [0.3, 0.4) is 0 Å². The molecule has 0 unspecified atom stereocenters. The van der Waals surface area contributed by atoms with Crippen LogP contribution in [-0.4, -0.2) is 24.3 Å². The molecule has 0 bridgehead atoms. The van der Waals surface area contributed by atoms with Gasteiger partial charge < -0.3 is 10.1 Å². The van der Waals surface area contributed by atoms with Gasteiger partial charge in [0.05, 0.1) is 0 Å². The smallest absolute Gasteiger partial charge is 0.412 e. The van der Waals surface area contributed by atoms with Gasteiger partial charge in [0.1, 0.15) is 5.60 Å². The zero-order valence-electron chi connectivity index (χ0n) is 13.6. The van der Waals surface area contributed by atoms with E-state index in [2.05, 4.69) is 24.5 Å². The van der Waals surface area contributed by atoms with Crippen molar-refractivity contribution < 1.29 is 9.53 Å². The summed E-state index contributed by atoms with van der Waals surface area (Å²) in [6.07, 6.45) is 0.267. The predicted molar refractivity (Wildman–Crippen MR) is 88.2 cm³/mol. The summed E-state index contributed by atoms with van der Waals surface area (Å²) in [5, 5.41) is 6.68. The van der Waals surface area contributed by atoms with E-state index in [-0.39, 0.29) is 5.54 Å². The van der Waals surface area contributed by atoms with Gasteiger partial charge in [0.2, 0.25) is 0 Å². The van der Waals surface area contributed by atoms with Crippen molar-refractivity contribution in [3.63, 3.8) is 0 Å². The number of nitrogens with one attached hydrogen (secondary N) is 2. The van der Waals surface area contributed by atoms with E-state index in [0.29, 0.717) is 5.02 Å². The molecule has 2 N–H and O–H groups in total. The molecule has 0 fully saturated rings. The third-order valence-corrected chi connectivity index (χ3v) is 3.25. The van der Waals surface area contributed by atoms with Crippen LogP contribution >= 0.6 is 11.6 Å². The van der Waals surface area contributed by atoms with Crippen molar-refractivity contribution in [2.75, 3.05) is 12.4 Å². The number of ether oxygens (including phenoxy) is 1. The summed E-state index contributed by atoms with van der Waals surface area (Å²) in [6.45, 7) is 9.68. The quantitative estimate of drug-likeness (QED) is 0.875. The van der Waals surface area contributed by atoms with Gasteiger partial charge in [-0.25, -0.2) is 4.79 Å². The van der Waals surface area contributed by atoms with Gasteiger partial charge in [-0.05, 0) is 71.8 Å². The molecule has 0 aliphatic carbocycles. The van der Waals surface area contributed by atoms with Crippen molar-refractivity contribution in [2.45, 2.75) is 52.2 Å². The van der Waals surface area contributed by atoms with Crippen LogP contribution in [0.1, 0.15) is 40.2 Å². The molecule has 0 aliphatic rings. The molecule has 0 aromatic heterocycles. The molecule has 0 heterocycles. The minimum absolute atomic E-state index is 0.102. The van der Waals surface area contributed by atoms with E-state index in [1.807, 2.05) is 33.9 Å². The Bertz CT molecular complexity index is 507. The second-order valence-corrected chi connectivity index (χ2v) is 7.18. The van der Waals surface area contributed by atoms with Gasteiger partial charge in [-0.15, -0.1) is 0 Å². The molecule has 0 radical (unpaired) electrons. The normalized spacial score (nSPS) is 12.1. The van der Waals surface area contributed by atoms with Gasteiger partial charge in [0.25, 0.3) is 0 Å². The van der Waals surface area contributed by atoms with Crippen molar-refractivity contribution in [3.8, 4) is 0 Å². The molecule has 0 atom stereocenters. The lowest BCUT2D eigenvalue weighted by molar-refractivity contribution is 0.0635.